The Morgan fingerprint density at radius 1 is 0.270 bits per heavy atom. The van der Waals surface area contributed by atoms with E-state index in [1.165, 1.54) is 128 Å². The van der Waals surface area contributed by atoms with Crippen LogP contribution in [-0.4, -0.2) is 13.4 Å². The maximum absolute atomic E-state index is 2.74. The molecule has 0 radical (unpaired) electrons. The van der Waals surface area contributed by atoms with Gasteiger partial charge >= 0.3 is 0 Å². The van der Waals surface area contributed by atoms with Crippen LogP contribution in [0, 0.1) is 0 Å². The van der Waals surface area contributed by atoms with Gasteiger partial charge in [0.1, 0.15) is 0 Å². The summed E-state index contributed by atoms with van der Waals surface area (Å²) in [5.74, 6) is 0. The molecular formula is C70H82B2N2. The second kappa shape index (κ2) is 15.9. The summed E-state index contributed by atoms with van der Waals surface area (Å²) in [4.78, 5) is 5.45. The summed E-state index contributed by atoms with van der Waals surface area (Å²) in [5.41, 5.74) is 31.0. The Balaban J connectivity index is 1.34. The highest BCUT2D eigenvalue weighted by molar-refractivity contribution is 7.03. The molecule has 11 rings (SSSR count). The van der Waals surface area contributed by atoms with Crippen molar-refractivity contribution >= 4 is 80.3 Å². The Labute approximate surface area is 447 Å². The summed E-state index contributed by atoms with van der Waals surface area (Å²) in [6.45, 7) is 50.0. The van der Waals surface area contributed by atoms with Crippen LogP contribution >= 0.6 is 0 Å². The molecule has 378 valence electrons. The van der Waals surface area contributed by atoms with Gasteiger partial charge in [0, 0.05) is 34.1 Å². The van der Waals surface area contributed by atoms with E-state index in [0.717, 1.165) is 0 Å². The third kappa shape index (κ3) is 7.80. The van der Waals surface area contributed by atoms with Crippen molar-refractivity contribution in [3.63, 3.8) is 0 Å². The summed E-state index contributed by atoms with van der Waals surface area (Å²) in [5, 5.41) is 0. The van der Waals surface area contributed by atoms with Crippen LogP contribution in [0.2, 0.25) is 0 Å². The maximum Gasteiger partial charge on any atom is 0.248 e. The molecule has 7 aromatic carbocycles. The molecule has 7 aromatic rings. The van der Waals surface area contributed by atoms with Crippen LogP contribution in [0.25, 0.3) is 22.3 Å². The lowest BCUT2D eigenvalue weighted by molar-refractivity contribution is 0.589. The van der Waals surface area contributed by atoms with Gasteiger partial charge in [0.15, 0.2) is 0 Å². The van der Waals surface area contributed by atoms with Crippen molar-refractivity contribution < 1.29 is 0 Å². The molecule has 0 amide bonds. The Hall–Kier alpha value is -5.73. The fourth-order valence-electron chi connectivity index (χ4n) is 12.9. The van der Waals surface area contributed by atoms with Crippen LogP contribution in [0.3, 0.4) is 0 Å². The van der Waals surface area contributed by atoms with Gasteiger partial charge in [-0.05, 0) is 163 Å². The number of nitrogens with zero attached hydrogens (tertiary/aromatic N) is 2. The van der Waals surface area contributed by atoms with E-state index in [2.05, 4.69) is 270 Å². The maximum atomic E-state index is 2.74. The average molecular weight is 973 g/mol. The van der Waals surface area contributed by atoms with E-state index >= 15 is 0 Å². The zero-order chi connectivity index (χ0) is 53.5. The van der Waals surface area contributed by atoms with Gasteiger partial charge in [-0.25, -0.2) is 0 Å². The smallest absolute Gasteiger partial charge is 0.248 e. The van der Waals surface area contributed by atoms with Crippen molar-refractivity contribution in [2.24, 2.45) is 0 Å². The zero-order valence-corrected chi connectivity index (χ0v) is 49.0. The first-order valence-corrected chi connectivity index (χ1v) is 27.8. The van der Waals surface area contributed by atoms with Crippen LogP contribution < -0.4 is 42.6 Å². The average Bonchev–Trinajstić information content (AvgIpc) is 3.80. The Kier molecular flexibility index (Phi) is 10.8. The van der Waals surface area contributed by atoms with Crippen LogP contribution in [0.1, 0.15) is 184 Å². The van der Waals surface area contributed by atoms with Gasteiger partial charge in [-0.1, -0.05) is 229 Å². The minimum Gasteiger partial charge on any atom is -0.311 e. The van der Waals surface area contributed by atoms with Gasteiger partial charge in [-0.3, -0.25) is 0 Å². The first-order chi connectivity index (χ1) is 34.1. The minimum absolute atomic E-state index is 0.00127. The molecule has 74 heavy (non-hydrogen) atoms. The molecule has 2 nitrogen and oxygen atoms in total. The van der Waals surface area contributed by atoms with Crippen molar-refractivity contribution in [1.82, 2.24) is 0 Å². The molecule has 0 saturated heterocycles. The quantitative estimate of drug-likeness (QED) is 0.159. The summed E-state index contributed by atoms with van der Waals surface area (Å²) >= 11 is 0. The number of rotatable bonds is 2. The molecule has 0 unspecified atom stereocenters. The zero-order valence-electron chi connectivity index (χ0n) is 49.0. The second-order valence-corrected chi connectivity index (χ2v) is 30.0. The highest BCUT2D eigenvalue weighted by Crippen LogP contribution is 2.51. The Bertz CT molecular complexity index is 3470. The molecule has 0 N–H and O–H groups in total. The Morgan fingerprint density at radius 3 is 1.01 bits per heavy atom. The van der Waals surface area contributed by atoms with Gasteiger partial charge in [-0.2, -0.15) is 0 Å². The van der Waals surface area contributed by atoms with Crippen LogP contribution in [0.5, 0.6) is 0 Å². The van der Waals surface area contributed by atoms with Crippen molar-refractivity contribution in [1.29, 1.82) is 0 Å². The lowest BCUT2D eigenvalue weighted by Gasteiger charge is -2.46. The fourth-order valence-corrected chi connectivity index (χ4v) is 12.9. The molecule has 0 spiro atoms. The molecule has 4 heteroatoms. The monoisotopic (exact) mass is 973 g/mol. The van der Waals surface area contributed by atoms with E-state index in [1.807, 2.05) is 0 Å². The molecule has 0 fully saturated rings. The molecule has 0 saturated carbocycles. The van der Waals surface area contributed by atoms with Crippen LogP contribution in [0.4, 0.5) is 34.1 Å². The number of hydrogen-bond donors (Lipinski definition) is 0. The van der Waals surface area contributed by atoms with Gasteiger partial charge < -0.3 is 9.80 Å². The minimum atomic E-state index is -0.280. The lowest BCUT2D eigenvalue weighted by atomic mass is 9.33. The van der Waals surface area contributed by atoms with E-state index in [-0.39, 0.29) is 51.3 Å². The number of anilines is 6. The molecule has 0 aromatic heterocycles. The second-order valence-electron chi connectivity index (χ2n) is 30.0. The van der Waals surface area contributed by atoms with E-state index in [4.69, 9.17) is 0 Å². The molecule has 0 atom stereocenters. The SMILES string of the molecule is CC(C)(C)c1ccc(N2c3cc(C(C)(C)C)cc4c3B(c3ccc(C(C)(C)C)cc3-4)c3c2cc2c(c3C(C)(C)C)N(c3ccc(C(C)(C)C)cc3)c3cc(C(C)(C)C)cc4c3B2c2ccc(C(C)(C)C)cc2-4)cc1. The van der Waals surface area contributed by atoms with Gasteiger partial charge in [0.2, 0.25) is 13.4 Å². The van der Waals surface area contributed by atoms with Gasteiger partial charge in [0.05, 0.1) is 0 Å². The summed E-state index contributed by atoms with van der Waals surface area (Å²) in [6, 6.07) is 47.3. The molecule has 0 bridgehead atoms. The number of fused-ring (bicyclic) bond motifs is 10. The largest absolute Gasteiger partial charge is 0.311 e. The number of hydrogen-bond acceptors (Lipinski definition) is 2. The summed E-state index contributed by atoms with van der Waals surface area (Å²) < 4.78 is 0. The molecule has 0 aliphatic carbocycles. The van der Waals surface area contributed by atoms with Crippen LogP contribution in [-0.2, 0) is 37.9 Å². The standard InChI is InChI=1S/C70H82B2N2/c1-64(2,3)41-22-28-47(29-23-41)73-56-38-45(68(13,14)15)37-52-50-35-44(67(10,11)12)27-33-54(50)72(61(52)56)62-58(73)40-55-63(59(62)70(19,20)21)74(48-30-24-42(25-31-48)65(4,5)6)57-39-46(69(16,17)18)36-51-49-34-43(66(7,8)9)26-32-53(49)71(55)60(51)57/h22-40H,1-21H3. The summed E-state index contributed by atoms with van der Waals surface area (Å²) in [7, 11) is 0. The first kappa shape index (κ1) is 50.4. The lowest BCUT2D eigenvalue weighted by Crippen LogP contribution is -2.61. The molecule has 4 heterocycles. The molecular weight excluding hydrogens is 890 g/mol. The highest BCUT2D eigenvalue weighted by Gasteiger charge is 2.51. The predicted molar refractivity (Wildman–Crippen MR) is 327 cm³/mol. The van der Waals surface area contributed by atoms with Crippen molar-refractivity contribution in [2.75, 3.05) is 9.80 Å². The van der Waals surface area contributed by atoms with Crippen molar-refractivity contribution in [3.8, 4) is 22.3 Å². The number of benzene rings is 7. The van der Waals surface area contributed by atoms with E-state index in [0.29, 0.717) is 0 Å². The Morgan fingerprint density at radius 2 is 0.608 bits per heavy atom. The van der Waals surface area contributed by atoms with Gasteiger partial charge in [-0.15, -0.1) is 0 Å². The summed E-state index contributed by atoms with van der Waals surface area (Å²) in [6.07, 6.45) is 0. The van der Waals surface area contributed by atoms with Crippen LogP contribution in [0.15, 0.2) is 115 Å². The normalized spacial score (nSPS) is 15.0. The van der Waals surface area contributed by atoms with E-state index < -0.39 is 0 Å². The topological polar surface area (TPSA) is 6.48 Å². The van der Waals surface area contributed by atoms with Gasteiger partial charge in [0.25, 0.3) is 0 Å². The van der Waals surface area contributed by atoms with E-state index in [1.54, 1.807) is 0 Å². The van der Waals surface area contributed by atoms with Crippen molar-refractivity contribution in [2.45, 2.75) is 183 Å². The highest BCUT2D eigenvalue weighted by atomic mass is 15.2. The molecule has 4 aliphatic heterocycles. The molecule has 4 aliphatic rings. The first-order valence-electron chi connectivity index (χ1n) is 27.8. The van der Waals surface area contributed by atoms with Crippen molar-refractivity contribution in [3.05, 3.63) is 154 Å². The van der Waals surface area contributed by atoms with E-state index in [9.17, 15) is 0 Å². The third-order valence-corrected chi connectivity index (χ3v) is 17.3. The predicted octanol–water partition coefficient (Wildman–Crippen LogP) is 15.3. The fraction of sp³-hybridized carbons (Fsp3) is 0.400. The third-order valence-electron chi connectivity index (χ3n) is 17.3.